The second kappa shape index (κ2) is 6.33. The summed E-state index contributed by atoms with van der Waals surface area (Å²) in [6.07, 6.45) is 0.362. The quantitative estimate of drug-likeness (QED) is 0.361. The normalized spacial score (nSPS) is 8.75. The largest absolute Gasteiger partial charge is 0.523 e. The summed E-state index contributed by atoms with van der Waals surface area (Å²) in [5.74, 6) is -0.677. The van der Waals surface area contributed by atoms with E-state index in [1.54, 1.807) is 0 Å². The molecule has 0 heterocycles. The highest BCUT2D eigenvalue weighted by Crippen LogP contribution is 1.97. The number of unbranched alkanes of at least 4 members (excludes halogenated alkanes) is 1. The van der Waals surface area contributed by atoms with Gasteiger partial charge in [0.15, 0.2) is 0 Å². The van der Waals surface area contributed by atoms with Crippen molar-refractivity contribution in [3.05, 3.63) is 0 Å². The highest BCUT2D eigenvalue weighted by atomic mass is 16.7. The van der Waals surface area contributed by atoms with Gasteiger partial charge in [-0.1, -0.05) is 13.3 Å². The molecule has 0 spiro atoms. The molecule has 0 aromatic carbocycles. The van der Waals surface area contributed by atoms with Crippen LogP contribution in [0.15, 0.2) is 0 Å². The maximum absolute atomic E-state index is 10.6. The van der Waals surface area contributed by atoms with Gasteiger partial charge in [0.1, 0.15) is 0 Å². The van der Waals surface area contributed by atoms with Crippen LogP contribution in [0, 0.1) is 0 Å². The zero-order valence-electron chi connectivity index (χ0n) is 6.74. The molecule has 5 heteroatoms. The van der Waals surface area contributed by atoms with Crippen molar-refractivity contribution in [1.82, 2.24) is 0 Å². The molecular formula is C7H10O5. The Balaban J connectivity index is 3.54. The third kappa shape index (κ3) is 5.40. The maximum atomic E-state index is 10.6. The van der Waals surface area contributed by atoms with E-state index in [0.717, 1.165) is 6.42 Å². The van der Waals surface area contributed by atoms with Gasteiger partial charge in [0.25, 0.3) is 0 Å². The van der Waals surface area contributed by atoms with Crippen molar-refractivity contribution in [2.24, 2.45) is 0 Å². The highest BCUT2D eigenvalue weighted by molar-refractivity contribution is 5.84. The van der Waals surface area contributed by atoms with E-state index in [4.69, 9.17) is 0 Å². The molecule has 0 amide bonds. The van der Waals surface area contributed by atoms with E-state index < -0.39 is 12.1 Å². The van der Waals surface area contributed by atoms with Crippen LogP contribution in [0.5, 0.6) is 0 Å². The van der Waals surface area contributed by atoms with Gasteiger partial charge in [0.2, 0.25) is 0 Å². The summed E-state index contributed by atoms with van der Waals surface area (Å²) in [7, 11) is 0. The number of ether oxygens (including phenoxy) is 2. The van der Waals surface area contributed by atoms with Gasteiger partial charge in [0.05, 0.1) is 0 Å². The fraction of sp³-hybridized carbons (Fsp3) is 0.571. The number of carbonyl (C=O) groups is 3. The molecule has 0 aliphatic rings. The van der Waals surface area contributed by atoms with Gasteiger partial charge in [-0.25, -0.2) is 4.79 Å². The zero-order valence-corrected chi connectivity index (χ0v) is 6.74. The molecule has 0 saturated carbocycles. The van der Waals surface area contributed by atoms with Gasteiger partial charge in [-0.05, 0) is 6.42 Å². The molecule has 68 valence electrons. The lowest BCUT2D eigenvalue weighted by molar-refractivity contribution is -0.141. The minimum Gasteiger partial charge on any atom is -0.363 e. The third-order valence-corrected chi connectivity index (χ3v) is 1.08. The van der Waals surface area contributed by atoms with E-state index in [-0.39, 0.29) is 12.9 Å². The number of esters is 1. The maximum Gasteiger partial charge on any atom is 0.523 e. The van der Waals surface area contributed by atoms with Crippen LogP contribution in [0.4, 0.5) is 4.79 Å². The molecule has 0 aliphatic heterocycles. The molecule has 0 rings (SSSR count). The van der Waals surface area contributed by atoms with Crippen molar-refractivity contribution in [3.8, 4) is 0 Å². The molecular weight excluding hydrogens is 164 g/mol. The topological polar surface area (TPSA) is 69.7 Å². The van der Waals surface area contributed by atoms with E-state index in [9.17, 15) is 14.4 Å². The van der Waals surface area contributed by atoms with Gasteiger partial charge in [-0.3, -0.25) is 9.59 Å². The zero-order chi connectivity index (χ0) is 9.40. The van der Waals surface area contributed by atoms with Gasteiger partial charge in [0, 0.05) is 6.42 Å². The van der Waals surface area contributed by atoms with Gasteiger partial charge < -0.3 is 9.47 Å². The number of hydrogen-bond acceptors (Lipinski definition) is 5. The number of rotatable bonds is 4. The van der Waals surface area contributed by atoms with Crippen LogP contribution in [0.3, 0.4) is 0 Å². The van der Waals surface area contributed by atoms with Crippen molar-refractivity contribution in [2.45, 2.75) is 26.2 Å². The second-order valence-corrected chi connectivity index (χ2v) is 2.04. The van der Waals surface area contributed by atoms with Crippen LogP contribution in [-0.4, -0.2) is 18.6 Å². The molecule has 0 N–H and O–H groups in total. The summed E-state index contributed by atoms with van der Waals surface area (Å²) >= 11 is 0. The lowest BCUT2D eigenvalue weighted by Crippen LogP contribution is -2.12. The first-order valence-corrected chi connectivity index (χ1v) is 3.55. The fourth-order valence-corrected chi connectivity index (χ4v) is 0.528. The van der Waals surface area contributed by atoms with Gasteiger partial charge in [-0.2, -0.15) is 0 Å². The van der Waals surface area contributed by atoms with Crippen LogP contribution in [-0.2, 0) is 19.1 Å². The number of hydrogen-bond donors (Lipinski definition) is 0. The average Bonchev–Trinajstić information content (AvgIpc) is 2.01. The van der Waals surface area contributed by atoms with Crippen molar-refractivity contribution in [2.75, 3.05) is 0 Å². The van der Waals surface area contributed by atoms with Crippen molar-refractivity contribution in [1.29, 1.82) is 0 Å². The fourth-order valence-electron chi connectivity index (χ4n) is 0.528. The van der Waals surface area contributed by atoms with Crippen LogP contribution in [0.1, 0.15) is 26.2 Å². The van der Waals surface area contributed by atoms with Crippen molar-refractivity contribution in [3.63, 3.8) is 0 Å². The lowest BCUT2D eigenvalue weighted by atomic mass is 10.3. The van der Waals surface area contributed by atoms with Crippen molar-refractivity contribution >= 4 is 18.6 Å². The minimum atomic E-state index is -1.27. The SMILES string of the molecule is CCCCC(=O)OC(=O)OC=O. The summed E-state index contributed by atoms with van der Waals surface area (Å²) < 4.78 is 7.79. The molecule has 0 bridgehead atoms. The Labute approximate surface area is 69.6 Å². The summed E-state index contributed by atoms with van der Waals surface area (Å²) in [5.41, 5.74) is 0. The van der Waals surface area contributed by atoms with E-state index in [1.807, 2.05) is 6.92 Å². The summed E-state index contributed by atoms with van der Waals surface area (Å²) in [6.45, 7) is 1.81. The average molecular weight is 174 g/mol. The molecule has 0 aromatic heterocycles. The minimum absolute atomic E-state index is 0.0879. The molecule has 0 radical (unpaired) electrons. The van der Waals surface area contributed by atoms with Gasteiger partial charge in [-0.15, -0.1) is 0 Å². The Kier molecular flexibility index (Phi) is 5.60. The van der Waals surface area contributed by atoms with Crippen LogP contribution in [0.25, 0.3) is 0 Å². The van der Waals surface area contributed by atoms with E-state index >= 15 is 0 Å². The van der Waals surface area contributed by atoms with Crippen LogP contribution in [0.2, 0.25) is 0 Å². The monoisotopic (exact) mass is 174 g/mol. The van der Waals surface area contributed by atoms with E-state index in [1.165, 1.54) is 0 Å². The molecule has 0 fully saturated rings. The molecule has 0 atom stereocenters. The summed E-state index contributed by atoms with van der Waals surface area (Å²) in [6, 6.07) is 0. The molecule has 0 aromatic rings. The Hall–Kier alpha value is -1.39. The first-order valence-electron chi connectivity index (χ1n) is 3.55. The highest BCUT2D eigenvalue weighted by Gasteiger charge is 2.09. The van der Waals surface area contributed by atoms with Gasteiger partial charge >= 0.3 is 18.6 Å². The molecule has 12 heavy (non-hydrogen) atoms. The Morgan fingerprint density at radius 1 is 1.42 bits per heavy atom. The Bertz CT molecular complexity index is 175. The molecule has 0 saturated heterocycles. The lowest BCUT2D eigenvalue weighted by Gasteiger charge is -1.97. The molecule has 5 nitrogen and oxygen atoms in total. The van der Waals surface area contributed by atoms with E-state index in [2.05, 4.69) is 9.47 Å². The summed E-state index contributed by atoms with van der Waals surface area (Å²) in [4.78, 5) is 30.5. The molecule has 0 unspecified atom stereocenters. The third-order valence-electron chi connectivity index (χ3n) is 1.08. The predicted octanol–water partition coefficient (Wildman–Crippen LogP) is 1.01. The second-order valence-electron chi connectivity index (χ2n) is 2.04. The standard InChI is InChI=1S/C7H10O5/c1-2-3-4-6(9)12-7(10)11-5-8/h5H,2-4H2,1H3. The number of carbonyl (C=O) groups excluding carboxylic acids is 3. The molecule has 0 aliphatic carbocycles. The van der Waals surface area contributed by atoms with Crippen molar-refractivity contribution < 1.29 is 23.9 Å². The van der Waals surface area contributed by atoms with E-state index in [0.29, 0.717) is 6.42 Å². The predicted molar refractivity (Wildman–Crippen MR) is 38.2 cm³/mol. The first kappa shape index (κ1) is 10.6. The Morgan fingerprint density at radius 2 is 2.08 bits per heavy atom. The smallest absolute Gasteiger partial charge is 0.363 e. The summed E-state index contributed by atoms with van der Waals surface area (Å²) in [5, 5.41) is 0. The van der Waals surface area contributed by atoms with Crippen LogP contribution >= 0.6 is 0 Å². The van der Waals surface area contributed by atoms with Crippen LogP contribution < -0.4 is 0 Å². The first-order chi connectivity index (χ1) is 5.70. The Morgan fingerprint density at radius 3 is 2.58 bits per heavy atom.